The molecule has 0 saturated carbocycles. The molecule has 0 aliphatic heterocycles. The second-order valence-corrected chi connectivity index (χ2v) is 9.26. The number of fused-ring (bicyclic) bond motifs is 1. The number of ether oxygens (including phenoxy) is 1. The van der Waals surface area contributed by atoms with E-state index in [0.29, 0.717) is 17.9 Å². The number of para-hydroxylation sites is 1. The molecular weight excluding hydrogens is 514 g/mol. The van der Waals surface area contributed by atoms with Gasteiger partial charge in [-0.15, -0.1) is 0 Å². The molecule has 8 nitrogen and oxygen atoms in total. The van der Waals surface area contributed by atoms with E-state index in [1.54, 1.807) is 4.68 Å². The van der Waals surface area contributed by atoms with Crippen LogP contribution >= 0.6 is 0 Å². The fraction of sp³-hybridized carbons (Fsp3) is 0.0909. The molecule has 1 N–H and O–H groups in total. The third kappa shape index (κ3) is 5.16. The average Bonchev–Trinajstić information content (AvgIpc) is 3.66. The molecule has 2 heterocycles. The smallest absolute Gasteiger partial charge is 0.290 e. The third-order valence-electron chi connectivity index (χ3n) is 6.65. The van der Waals surface area contributed by atoms with E-state index >= 15 is 0 Å². The zero-order valence-corrected chi connectivity index (χ0v) is 22.2. The molecule has 6 aromatic rings. The number of benzene rings is 4. The maximum absolute atomic E-state index is 13.3. The minimum absolute atomic E-state index is 0.0721. The van der Waals surface area contributed by atoms with Crippen molar-refractivity contribution >= 4 is 16.7 Å². The van der Waals surface area contributed by atoms with Gasteiger partial charge >= 0.3 is 0 Å². The molecule has 4 aromatic carbocycles. The number of aromatic nitrogens is 3. The number of nitriles is 1. The summed E-state index contributed by atoms with van der Waals surface area (Å²) in [6.07, 6.45) is 1.88. The van der Waals surface area contributed by atoms with Crippen LogP contribution in [-0.4, -0.2) is 27.3 Å². The first-order chi connectivity index (χ1) is 20.1. The molecule has 0 unspecified atom stereocenters. The first-order valence-electron chi connectivity index (χ1n) is 13.2. The molecule has 6 rings (SSSR count). The van der Waals surface area contributed by atoms with Crippen LogP contribution in [0.5, 0.6) is 5.75 Å². The zero-order chi connectivity index (χ0) is 28.2. The van der Waals surface area contributed by atoms with E-state index < -0.39 is 5.91 Å². The maximum atomic E-state index is 13.3. The molecule has 0 fully saturated rings. The molecule has 0 radical (unpaired) electrons. The summed E-state index contributed by atoms with van der Waals surface area (Å²) >= 11 is 0. The predicted molar refractivity (Wildman–Crippen MR) is 155 cm³/mol. The molecule has 0 aliphatic carbocycles. The number of carbonyl (C=O) groups excluding carboxylic acids is 1. The van der Waals surface area contributed by atoms with Gasteiger partial charge in [-0.2, -0.15) is 15.3 Å². The van der Waals surface area contributed by atoms with Crippen LogP contribution in [0.15, 0.2) is 108 Å². The van der Waals surface area contributed by atoms with Gasteiger partial charge in [-0.25, -0.2) is 4.68 Å². The molecule has 0 atom stereocenters. The van der Waals surface area contributed by atoms with Gasteiger partial charge in [0.1, 0.15) is 11.8 Å². The van der Waals surface area contributed by atoms with Crippen molar-refractivity contribution in [2.24, 2.45) is 0 Å². The molecule has 8 heteroatoms. The average molecular weight is 540 g/mol. The molecule has 1 amide bonds. The van der Waals surface area contributed by atoms with E-state index in [1.807, 2.05) is 116 Å². The minimum Gasteiger partial charge on any atom is -0.494 e. The SMILES string of the molecule is CCOc1ccc(-c2nn(-c3ccccc3)cc2CNC(=O)c2oc(-c3cccc4ccccc34)nc2C#N)cc1. The number of carbonyl (C=O) groups is 1. The van der Waals surface area contributed by atoms with Crippen LogP contribution in [0.1, 0.15) is 28.7 Å². The van der Waals surface area contributed by atoms with Crippen molar-refractivity contribution in [3.63, 3.8) is 0 Å². The van der Waals surface area contributed by atoms with Gasteiger partial charge in [-0.3, -0.25) is 4.79 Å². The summed E-state index contributed by atoms with van der Waals surface area (Å²) in [5.41, 5.74) is 3.91. The van der Waals surface area contributed by atoms with Gasteiger partial charge in [0.2, 0.25) is 11.7 Å². The lowest BCUT2D eigenvalue weighted by Gasteiger charge is -2.06. The van der Waals surface area contributed by atoms with Crippen LogP contribution in [-0.2, 0) is 6.54 Å². The number of amides is 1. The fourth-order valence-corrected chi connectivity index (χ4v) is 4.70. The van der Waals surface area contributed by atoms with Crippen LogP contribution in [0.25, 0.3) is 39.2 Å². The largest absolute Gasteiger partial charge is 0.494 e. The fourth-order valence-electron chi connectivity index (χ4n) is 4.70. The summed E-state index contributed by atoms with van der Waals surface area (Å²) in [4.78, 5) is 17.6. The van der Waals surface area contributed by atoms with E-state index in [2.05, 4.69) is 10.3 Å². The quantitative estimate of drug-likeness (QED) is 0.235. The monoisotopic (exact) mass is 539 g/mol. The Labute approximate surface area is 236 Å². The molecule has 0 bridgehead atoms. The summed E-state index contributed by atoms with van der Waals surface area (Å²) in [5.74, 6) is 0.319. The summed E-state index contributed by atoms with van der Waals surface area (Å²) in [7, 11) is 0. The highest BCUT2D eigenvalue weighted by Gasteiger charge is 2.23. The van der Waals surface area contributed by atoms with Crippen LogP contribution in [0, 0.1) is 11.3 Å². The number of rotatable bonds is 8. The van der Waals surface area contributed by atoms with E-state index in [9.17, 15) is 10.1 Å². The molecule has 0 spiro atoms. The minimum atomic E-state index is -0.536. The van der Waals surface area contributed by atoms with Crippen molar-refractivity contribution in [3.05, 3.63) is 120 Å². The molecular formula is C33H25N5O3. The van der Waals surface area contributed by atoms with E-state index in [4.69, 9.17) is 14.3 Å². The van der Waals surface area contributed by atoms with Crippen molar-refractivity contribution in [1.82, 2.24) is 20.1 Å². The standard InChI is InChI=1S/C33H25N5O3/c1-2-40-26-17-15-23(16-18-26)30-24(21-38(37-30)25-11-4-3-5-12-25)20-35-32(39)31-29(19-34)36-33(41-31)28-14-8-10-22-9-6-7-13-27(22)28/h3-18,21H,2,20H2,1H3,(H,35,39). The second kappa shape index (κ2) is 11.2. The van der Waals surface area contributed by atoms with Crippen molar-refractivity contribution in [1.29, 1.82) is 5.26 Å². The van der Waals surface area contributed by atoms with Crippen LogP contribution in [0.3, 0.4) is 0 Å². The maximum Gasteiger partial charge on any atom is 0.290 e. The first-order valence-corrected chi connectivity index (χ1v) is 13.2. The number of nitrogens with zero attached hydrogens (tertiary/aromatic N) is 4. The lowest BCUT2D eigenvalue weighted by molar-refractivity contribution is 0.0923. The molecule has 200 valence electrons. The normalized spacial score (nSPS) is 10.8. The Bertz CT molecular complexity index is 1880. The molecule has 41 heavy (non-hydrogen) atoms. The highest BCUT2D eigenvalue weighted by atomic mass is 16.5. The first kappa shape index (κ1) is 25.6. The summed E-state index contributed by atoms with van der Waals surface area (Å²) < 4.78 is 13.3. The van der Waals surface area contributed by atoms with Gasteiger partial charge in [0.25, 0.3) is 5.91 Å². The Morgan fingerprint density at radius 1 is 0.976 bits per heavy atom. The zero-order valence-electron chi connectivity index (χ0n) is 22.2. The van der Waals surface area contributed by atoms with Crippen LogP contribution in [0.2, 0.25) is 0 Å². The Hall–Kier alpha value is -5.68. The van der Waals surface area contributed by atoms with Crippen LogP contribution in [0.4, 0.5) is 0 Å². The summed E-state index contributed by atoms with van der Waals surface area (Å²) in [5, 5.41) is 19.4. The van der Waals surface area contributed by atoms with E-state index in [1.165, 1.54) is 0 Å². The van der Waals surface area contributed by atoms with Gasteiger partial charge in [0.05, 0.1) is 18.0 Å². The topological polar surface area (TPSA) is 106 Å². The van der Waals surface area contributed by atoms with Gasteiger partial charge < -0.3 is 14.5 Å². The summed E-state index contributed by atoms with van der Waals surface area (Å²) in [6, 6.07) is 32.9. The Morgan fingerprint density at radius 2 is 1.73 bits per heavy atom. The Kier molecular flexibility index (Phi) is 6.99. The van der Waals surface area contributed by atoms with E-state index in [0.717, 1.165) is 33.3 Å². The Balaban J connectivity index is 1.30. The highest BCUT2D eigenvalue weighted by molar-refractivity contribution is 5.97. The summed E-state index contributed by atoms with van der Waals surface area (Å²) in [6.45, 7) is 2.67. The van der Waals surface area contributed by atoms with Gasteiger partial charge in [0, 0.05) is 29.4 Å². The third-order valence-corrected chi connectivity index (χ3v) is 6.65. The van der Waals surface area contributed by atoms with E-state index in [-0.39, 0.29) is 23.9 Å². The lowest BCUT2D eigenvalue weighted by Crippen LogP contribution is -2.23. The lowest BCUT2D eigenvalue weighted by atomic mass is 10.0. The van der Waals surface area contributed by atoms with Crippen LogP contribution < -0.4 is 10.1 Å². The van der Waals surface area contributed by atoms with Gasteiger partial charge in [-0.1, -0.05) is 54.6 Å². The predicted octanol–water partition coefficient (Wildman–Crippen LogP) is 6.55. The number of hydrogen-bond donors (Lipinski definition) is 1. The van der Waals surface area contributed by atoms with Crippen molar-refractivity contribution < 1.29 is 13.9 Å². The van der Waals surface area contributed by atoms with Gasteiger partial charge in [-0.05, 0) is 60.2 Å². The molecule has 2 aromatic heterocycles. The molecule has 0 aliphatic rings. The second-order valence-electron chi connectivity index (χ2n) is 9.26. The van der Waals surface area contributed by atoms with Crippen molar-refractivity contribution in [3.8, 4) is 40.2 Å². The van der Waals surface area contributed by atoms with Gasteiger partial charge in [0.15, 0.2) is 5.69 Å². The number of nitrogens with one attached hydrogen (secondary N) is 1. The van der Waals surface area contributed by atoms with Crippen molar-refractivity contribution in [2.45, 2.75) is 13.5 Å². The molecule has 0 saturated heterocycles. The number of oxazole rings is 1. The highest BCUT2D eigenvalue weighted by Crippen LogP contribution is 2.30. The van der Waals surface area contributed by atoms with Crippen molar-refractivity contribution in [2.75, 3.05) is 6.61 Å². The Morgan fingerprint density at radius 3 is 2.51 bits per heavy atom. The number of hydrogen-bond acceptors (Lipinski definition) is 6.